The molecule has 0 fully saturated rings. The minimum atomic E-state index is -0.708. The van der Waals surface area contributed by atoms with Crippen LogP contribution in [0.25, 0.3) is 0 Å². The van der Waals surface area contributed by atoms with Gasteiger partial charge >= 0.3 is 11.9 Å². The van der Waals surface area contributed by atoms with Gasteiger partial charge in [0, 0.05) is 11.2 Å². The molecule has 0 saturated carbocycles. The molecule has 6 nitrogen and oxygen atoms in total. The molecule has 0 N–H and O–H groups in total. The molecule has 0 unspecified atom stereocenters. The summed E-state index contributed by atoms with van der Waals surface area (Å²) < 4.78 is 16.0. The average molecular weight is 443 g/mol. The number of rotatable bonds is 5. The first-order valence-corrected chi connectivity index (χ1v) is 8.78. The second-order valence-corrected chi connectivity index (χ2v) is 6.28. The fourth-order valence-corrected chi connectivity index (χ4v) is 3.27. The second kappa shape index (κ2) is 8.91. The van der Waals surface area contributed by atoms with Crippen LogP contribution in [0.3, 0.4) is 0 Å². The molecular formula is C18H17BrClNO5. The molecule has 1 aliphatic rings. The van der Waals surface area contributed by atoms with E-state index in [0.717, 1.165) is 0 Å². The van der Waals surface area contributed by atoms with E-state index in [0.29, 0.717) is 27.5 Å². The van der Waals surface area contributed by atoms with Crippen LogP contribution in [0.4, 0.5) is 5.69 Å². The predicted octanol–water partition coefficient (Wildman–Crippen LogP) is 3.99. The number of hydrogen-bond donors (Lipinski definition) is 0. The third-order valence-corrected chi connectivity index (χ3v) is 4.23. The Kier molecular flexibility index (Phi) is 6.88. The number of nitrogens with zero attached hydrogens (tertiary/aromatic N) is 1. The van der Waals surface area contributed by atoms with E-state index >= 15 is 0 Å². The van der Waals surface area contributed by atoms with Gasteiger partial charge in [0.05, 0.1) is 36.6 Å². The summed E-state index contributed by atoms with van der Waals surface area (Å²) >= 11 is 9.61. The Balaban J connectivity index is 2.77. The first-order chi connectivity index (χ1) is 12.4. The number of allylic oxidation sites excluding steroid dienone is 2. The van der Waals surface area contributed by atoms with E-state index < -0.39 is 11.9 Å². The highest BCUT2D eigenvalue weighted by atomic mass is 79.9. The third-order valence-electron chi connectivity index (χ3n) is 3.43. The van der Waals surface area contributed by atoms with E-state index in [1.807, 2.05) is 6.92 Å². The van der Waals surface area contributed by atoms with Gasteiger partial charge in [0.1, 0.15) is 5.70 Å². The van der Waals surface area contributed by atoms with Crippen LogP contribution in [-0.2, 0) is 19.1 Å². The highest BCUT2D eigenvalue weighted by molar-refractivity contribution is 9.10. The summed E-state index contributed by atoms with van der Waals surface area (Å²) in [6.07, 6.45) is 6.38. The lowest BCUT2D eigenvalue weighted by atomic mass is 10.1. The number of esters is 2. The number of hydrogen-bond acceptors (Lipinski definition) is 6. The highest BCUT2D eigenvalue weighted by Crippen LogP contribution is 2.41. The van der Waals surface area contributed by atoms with Gasteiger partial charge in [0.2, 0.25) is 0 Å². The first kappa shape index (κ1) is 20.1. The maximum absolute atomic E-state index is 12.5. The number of halogens is 2. The topological polar surface area (TPSA) is 65.1 Å². The van der Waals surface area contributed by atoms with Gasteiger partial charge in [-0.15, -0.1) is 0 Å². The molecule has 2 rings (SSSR count). The molecule has 138 valence electrons. The molecule has 0 saturated heterocycles. The van der Waals surface area contributed by atoms with Gasteiger partial charge < -0.3 is 19.1 Å². The van der Waals surface area contributed by atoms with Crippen molar-refractivity contribution < 1.29 is 23.8 Å². The zero-order valence-electron chi connectivity index (χ0n) is 14.4. The van der Waals surface area contributed by atoms with Crippen molar-refractivity contribution in [1.29, 1.82) is 0 Å². The number of carbonyl (C=O) groups is 2. The van der Waals surface area contributed by atoms with Crippen LogP contribution in [0, 0.1) is 0 Å². The monoisotopic (exact) mass is 441 g/mol. The van der Waals surface area contributed by atoms with E-state index in [-0.39, 0.29) is 11.3 Å². The van der Waals surface area contributed by atoms with Crippen molar-refractivity contribution in [2.45, 2.75) is 6.92 Å². The van der Waals surface area contributed by atoms with Crippen LogP contribution in [0.15, 0.2) is 52.3 Å². The molecule has 0 aromatic heterocycles. The Morgan fingerprint density at radius 3 is 2.46 bits per heavy atom. The zero-order chi connectivity index (χ0) is 19.3. The molecule has 1 aliphatic heterocycles. The van der Waals surface area contributed by atoms with Crippen LogP contribution in [0.5, 0.6) is 5.75 Å². The fraction of sp³-hybridized carbons (Fsp3) is 0.222. The smallest absolute Gasteiger partial charge is 0.355 e. The highest BCUT2D eigenvalue weighted by Gasteiger charge is 2.29. The second-order valence-electron chi connectivity index (χ2n) is 4.98. The quantitative estimate of drug-likeness (QED) is 0.643. The van der Waals surface area contributed by atoms with Gasteiger partial charge in [0.15, 0.2) is 5.75 Å². The Morgan fingerprint density at radius 1 is 1.15 bits per heavy atom. The van der Waals surface area contributed by atoms with Crippen molar-refractivity contribution in [3.63, 3.8) is 0 Å². The van der Waals surface area contributed by atoms with E-state index in [1.54, 1.807) is 30.5 Å². The van der Waals surface area contributed by atoms with Crippen molar-refractivity contribution in [1.82, 2.24) is 0 Å². The lowest BCUT2D eigenvalue weighted by molar-refractivity contribution is -0.139. The third kappa shape index (κ3) is 4.11. The number of methoxy groups -OCH3 is 2. The summed E-state index contributed by atoms with van der Waals surface area (Å²) in [6, 6.07) is 3.31. The lowest BCUT2D eigenvalue weighted by Gasteiger charge is -2.26. The summed E-state index contributed by atoms with van der Waals surface area (Å²) in [5.41, 5.74) is 0.496. The largest absolute Gasteiger partial charge is 0.490 e. The Hall–Kier alpha value is -2.25. The zero-order valence-corrected chi connectivity index (χ0v) is 16.8. The summed E-state index contributed by atoms with van der Waals surface area (Å²) in [6.45, 7) is 2.23. The molecule has 0 bridgehead atoms. The van der Waals surface area contributed by atoms with Gasteiger partial charge in [-0.05, 0) is 47.1 Å². The van der Waals surface area contributed by atoms with E-state index in [4.69, 9.17) is 25.8 Å². The van der Waals surface area contributed by atoms with E-state index in [9.17, 15) is 9.59 Å². The van der Waals surface area contributed by atoms with Crippen molar-refractivity contribution in [2.75, 3.05) is 25.7 Å². The number of benzene rings is 1. The van der Waals surface area contributed by atoms with Gasteiger partial charge in [-0.3, -0.25) is 0 Å². The molecule has 0 amide bonds. The number of ether oxygens (including phenoxy) is 3. The van der Waals surface area contributed by atoms with E-state index in [1.165, 1.54) is 25.2 Å². The standard InChI is InChI=1S/C18H17BrClNO5/c1-4-26-16-13(19)9-11(20)10-14(16)21-8-6-5-7-12(17(22)24-2)15(21)18(23)25-3/h5-10H,4H2,1-3H3. The fourth-order valence-electron chi connectivity index (χ4n) is 2.36. The predicted molar refractivity (Wildman–Crippen MR) is 102 cm³/mol. The number of anilines is 1. The summed E-state index contributed by atoms with van der Waals surface area (Å²) in [7, 11) is 2.47. The van der Waals surface area contributed by atoms with Crippen molar-refractivity contribution in [2.24, 2.45) is 0 Å². The molecule has 8 heteroatoms. The van der Waals surface area contributed by atoms with Gasteiger partial charge in [-0.25, -0.2) is 9.59 Å². The van der Waals surface area contributed by atoms with Crippen molar-refractivity contribution >= 4 is 45.2 Å². The molecule has 1 aromatic carbocycles. The van der Waals surface area contributed by atoms with Crippen LogP contribution in [-0.4, -0.2) is 32.8 Å². The summed E-state index contributed by atoms with van der Waals surface area (Å²) in [4.78, 5) is 26.2. The van der Waals surface area contributed by atoms with Gasteiger partial charge in [-0.1, -0.05) is 17.7 Å². The van der Waals surface area contributed by atoms with Crippen LogP contribution in [0.2, 0.25) is 5.02 Å². The number of carbonyl (C=O) groups excluding carboxylic acids is 2. The van der Waals surface area contributed by atoms with Crippen molar-refractivity contribution in [3.8, 4) is 5.75 Å². The van der Waals surface area contributed by atoms with Crippen LogP contribution < -0.4 is 9.64 Å². The molecule has 1 heterocycles. The molecule has 0 radical (unpaired) electrons. The first-order valence-electron chi connectivity index (χ1n) is 7.61. The normalized spacial score (nSPS) is 13.5. The summed E-state index contributed by atoms with van der Waals surface area (Å²) in [5, 5.41) is 0.421. The molecule has 0 atom stereocenters. The SMILES string of the molecule is CCOc1c(Br)cc(Cl)cc1N1C=CC=CC(C(=O)OC)=C1C(=O)OC. The molecule has 0 aliphatic carbocycles. The maximum atomic E-state index is 12.5. The molecule has 1 aromatic rings. The Labute approximate surface area is 164 Å². The van der Waals surface area contributed by atoms with Gasteiger partial charge in [0.25, 0.3) is 0 Å². The lowest BCUT2D eigenvalue weighted by Crippen LogP contribution is -2.27. The average Bonchev–Trinajstić information content (AvgIpc) is 2.85. The molecule has 0 spiro atoms. The minimum Gasteiger partial charge on any atom is -0.490 e. The van der Waals surface area contributed by atoms with E-state index in [2.05, 4.69) is 15.9 Å². The summed E-state index contributed by atoms with van der Waals surface area (Å²) in [5.74, 6) is -0.913. The van der Waals surface area contributed by atoms with Crippen LogP contribution in [0.1, 0.15) is 6.92 Å². The minimum absolute atomic E-state index is 0.0144. The Morgan fingerprint density at radius 2 is 1.85 bits per heavy atom. The maximum Gasteiger partial charge on any atom is 0.355 e. The van der Waals surface area contributed by atoms with Crippen LogP contribution >= 0.6 is 27.5 Å². The Bertz CT molecular complexity index is 816. The van der Waals surface area contributed by atoms with Crippen molar-refractivity contribution in [3.05, 3.63) is 57.3 Å². The van der Waals surface area contributed by atoms with Gasteiger partial charge in [-0.2, -0.15) is 0 Å². The molecular weight excluding hydrogens is 426 g/mol. The molecule has 26 heavy (non-hydrogen) atoms.